The molecular weight excluding hydrogens is 333 g/mol. The van der Waals surface area contributed by atoms with Gasteiger partial charge in [0.15, 0.2) is 0 Å². The van der Waals surface area contributed by atoms with E-state index >= 15 is 0 Å². The summed E-state index contributed by atoms with van der Waals surface area (Å²) in [6.45, 7) is 5.66. The average Bonchev–Trinajstić information content (AvgIpc) is 3.01. The Balaban J connectivity index is 1.66. The number of halogens is 1. The van der Waals surface area contributed by atoms with E-state index in [1.807, 2.05) is 18.2 Å². The molecule has 0 radical (unpaired) electrons. The molecule has 2 amide bonds. The largest absolute Gasteiger partial charge is 0.374 e. The standard InChI is InChI=1S/C20H22FN3O2/c1-12-4-5-17(11-18(12)21)23-20(26)13(2)22-16-6-7-19-15(10-16)8-9-24(19)14(3)25/h4-7,10-11,13,22H,8-9H2,1-3H3,(H,23,26)/t13-/m1/s1. The quantitative estimate of drug-likeness (QED) is 0.883. The summed E-state index contributed by atoms with van der Waals surface area (Å²) in [6.07, 6.45) is 0.799. The van der Waals surface area contributed by atoms with Crippen LogP contribution in [0.25, 0.3) is 0 Å². The summed E-state index contributed by atoms with van der Waals surface area (Å²) in [4.78, 5) is 25.7. The lowest BCUT2D eigenvalue weighted by molar-refractivity contribution is -0.117. The van der Waals surface area contributed by atoms with Crippen LogP contribution in [-0.4, -0.2) is 24.4 Å². The van der Waals surface area contributed by atoms with E-state index in [0.29, 0.717) is 17.8 Å². The van der Waals surface area contributed by atoms with Gasteiger partial charge in [-0.05, 0) is 61.7 Å². The summed E-state index contributed by atoms with van der Waals surface area (Å²) < 4.78 is 13.6. The van der Waals surface area contributed by atoms with Gasteiger partial charge >= 0.3 is 0 Å². The van der Waals surface area contributed by atoms with Gasteiger partial charge < -0.3 is 15.5 Å². The fourth-order valence-corrected chi connectivity index (χ4v) is 3.06. The van der Waals surface area contributed by atoms with Crippen LogP contribution >= 0.6 is 0 Å². The number of benzene rings is 2. The number of amides is 2. The molecule has 26 heavy (non-hydrogen) atoms. The molecular formula is C20H22FN3O2. The summed E-state index contributed by atoms with van der Waals surface area (Å²) in [6, 6.07) is 9.84. The third-order valence-corrected chi connectivity index (χ3v) is 4.57. The van der Waals surface area contributed by atoms with E-state index in [2.05, 4.69) is 10.6 Å². The van der Waals surface area contributed by atoms with Crippen molar-refractivity contribution in [2.45, 2.75) is 33.2 Å². The van der Waals surface area contributed by atoms with Gasteiger partial charge in [0.05, 0.1) is 0 Å². The Morgan fingerprint density at radius 1 is 1.15 bits per heavy atom. The summed E-state index contributed by atoms with van der Waals surface area (Å²) in [5.41, 5.74) is 3.78. The Morgan fingerprint density at radius 3 is 2.58 bits per heavy atom. The maximum Gasteiger partial charge on any atom is 0.246 e. The molecule has 2 aromatic carbocycles. The van der Waals surface area contributed by atoms with Gasteiger partial charge in [-0.1, -0.05) is 6.07 Å². The van der Waals surface area contributed by atoms with Crippen molar-refractivity contribution in [3.63, 3.8) is 0 Å². The van der Waals surface area contributed by atoms with Gasteiger partial charge in [-0.2, -0.15) is 0 Å². The number of hydrogen-bond donors (Lipinski definition) is 2. The van der Waals surface area contributed by atoms with Crippen LogP contribution in [0.2, 0.25) is 0 Å². The Hall–Kier alpha value is -2.89. The first kappa shape index (κ1) is 17.9. The van der Waals surface area contributed by atoms with Crippen molar-refractivity contribution in [3.8, 4) is 0 Å². The molecule has 2 aromatic rings. The van der Waals surface area contributed by atoms with Crippen molar-refractivity contribution in [1.82, 2.24) is 0 Å². The van der Waals surface area contributed by atoms with Crippen molar-refractivity contribution in [3.05, 3.63) is 53.3 Å². The highest BCUT2D eigenvalue weighted by atomic mass is 19.1. The first-order valence-corrected chi connectivity index (χ1v) is 8.59. The van der Waals surface area contributed by atoms with Gasteiger partial charge in [-0.3, -0.25) is 9.59 Å². The molecule has 6 heteroatoms. The van der Waals surface area contributed by atoms with Crippen LogP contribution in [0, 0.1) is 12.7 Å². The number of carbonyl (C=O) groups is 2. The minimum absolute atomic E-state index is 0.0301. The second kappa shape index (κ2) is 7.15. The Labute approximate surface area is 152 Å². The predicted molar refractivity (Wildman–Crippen MR) is 101 cm³/mol. The second-order valence-electron chi connectivity index (χ2n) is 6.58. The lowest BCUT2D eigenvalue weighted by atomic mass is 10.1. The van der Waals surface area contributed by atoms with Gasteiger partial charge in [-0.25, -0.2) is 4.39 Å². The van der Waals surface area contributed by atoms with Crippen molar-refractivity contribution in [2.24, 2.45) is 0 Å². The molecule has 5 nitrogen and oxygen atoms in total. The van der Waals surface area contributed by atoms with E-state index in [4.69, 9.17) is 0 Å². The van der Waals surface area contributed by atoms with Crippen molar-refractivity contribution in [2.75, 3.05) is 22.1 Å². The molecule has 0 spiro atoms. The molecule has 1 aliphatic heterocycles. The Bertz CT molecular complexity index is 866. The fraction of sp³-hybridized carbons (Fsp3) is 0.300. The molecule has 0 saturated heterocycles. The van der Waals surface area contributed by atoms with Gasteiger partial charge in [0.2, 0.25) is 11.8 Å². The van der Waals surface area contributed by atoms with Gasteiger partial charge in [0, 0.05) is 30.5 Å². The zero-order valence-corrected chi connectivity index (χ0v) is 15.1. The normalized spacial score (nSPS) is 13.9. The molecule has 0 unspecified atom stereocenters. The first-order valence-electron chi connectivity index (χ1n) is 8.59. The van der Waals surface area contributed by atoms with E-state index in [0.717, 1.165) is 23.4 Å². The number of aryl methyl sites for hydroxylation is 1. The minimum Gasteiger partial charge on any atom is -0.374 e. The van der Waals surface area contributed by atoms with E-state index in [1.165, 1.54) is 6.07 Å². The molecule has 136 valence electrons. The smallest absolute Gasteiger partial charge is 0.246 e. The highest BCUT2D eigenvalue weighted by molar-refractivity contribution is 5.97. The summed E-state index contributed by atoms with van der Waals surface area (Å²) in [5.74, 6) is -0.571. The molecule has 0 bridgehead atoms. The summed E-state index contributed by atoms with van der Waals surface area (Å²) in [5, 5.41) is 5.86. The van der Waals surface area contributed by atoms with E-state index in [-0.39, 0.29) is 17.6 Å². The molecule has 1 aliphatic rings. The first-order chi connectivity index (χ1) is 12.3. The topological polar surface area (TPSA) is 61.4 Å². The zero-order chi connectivity index (χ0) is 18.8. The van der Waals surface area contributed by atoms with Crippen LogP contribution in [0.4, 0.5) is 21.5 Å². The highest BCUT2D eigenvalue weighted by Crippen LogP contribution is 2.30. The third kappa shape index (κ3) is 3.69. The molecule has 0 fully saturated rings. The zero-order valence-electron chi connectivity index (χ0n) is 15.1. The van der Waals surface area contributed by atoms with E-state index < -0.39 is 6.04 Å². The van der Waals surface area contributed by atoms with Crippen molar-refractivity contribution < 1.29 is 14.0 Å². The van der Waals surface area contributed by atoms with Crippen LogP contribution in [-0.2, 0) is 16.0 Å². The lowest BCUT2D eigenvalue weighted by Crippen LogP contribution is -2.32. The number of anilines is 3. The minimum atomic E-state index is -0.497. The van der Waals surface area contributed by atoms with Crippen LogP contribution in [0.5, 0.6) is 0 Å². The van der Waals surface area contributed by atoms with E-state index in [1.54, 1.807) is 37.8 Å². The van der Waals surface area contributed by atoms with Crippen LogP contribution < -0.4 is 15.5 Å². The number of carbonyl (C=O) groups excluding carboxylic acids is 2. The Morgan fingerprint density at radius 2 is 1.88 bits per heavy atom. The van der Waals surface area contributed by atoms with Gasteiger partial charge in [-0.15, -0.1) is 0 Å². The number of hydrogen-bond acceptors (Lipinski definition) is 3. The average molecular weight is 355 g/mol. The third-order valence-electron chi connectivity index (χ3n) is 4.57. The maximum atomic E-state index is 13.6. The molecule has 3 rings (SSSR count). The van der Waals surface area contributed by atoms with Crippen molar-refractivity contribution >= 4 is 28.9 Å². The summed E-state index contributed by atoms with van der Waals surface area (Å²) >= 11 is 0. The van der Waals surface area contributed by atoms with Gasteiger partial charge in [0.25, 0.3) is 0 Å². The number of fused-ring (bicyclic) bond motifs is 1. The van der Waals surface area contributed by atoms with Crippen LogP contribution in [0.1, 0.15) is 25.0 Å². The number of nitrogens with zero attached hydrogens (tertiary/aromatic N) is 1. The number of nitrogens with one attached hydrogen (secondary N) is 2. The molecule has 0 aromatic heterocycles. The van der Waals surface area contributed by atoms with Crippen LogP contribution in [0.15, 0.2) is 36.4 Å². The SMILES string of the molecule is CC(=O)N1CCc2cc(N[C@H](C)C(=O)Nc3ccc(C)c(F)c3)ccc21. The second-order valence-corrected chi connectivity index (χ2v) is 6.58. The van der Waals surface area contributed by atoms with E-state index in [9.17, 15) is 14.0 Å². The molecule has 1 atom stereocenters. The number of rotatable bonds is 4. The van der Waals surface area contributed by atoms with Crippen molar-refractivity contribution in [1.29, 1.82) is 0 Å². The molecule has 1 heterocycles. The molecule has 0 aliphatic carbocycles. The van der Waals surface area contributed by atoms with Crippen LogP contribution in [0.3, 0.4) is 0 Å². The summed E-state index contributed by atoms with van der Waals surface area (Å²) in [7, 11) is 0. The predicted octanol–water partition coefficient (Wildman–Crippen LogP) is 3.48. The van der Waals surface area contributed by atoms with Gasteiger partial charge in [0.1, 0.15) is 11.9 Å². The Kier molecular flexibility index (Phi) is 4.93. The molecule has 0 saturated carbocycles. The highest BCUT2D eigenvalue weighted by Gasteiger charge is 2.22. The monoisotopic (exact) mass is 355 g/mol. The lowest BCUT2D eigenvalue weighted by Gasteiger charge is -2.18. The maximum absolute atomic E-state index is 13.6. The molecule has 2 N–H and O–H groups in total. The fourth-order valence-electron chi connectivity index (χ4n) is 3.06.